The van der Waals surface area contributed by atoms with Gasteiger partial charge in [-0.3, -0.25) is 4.79 Å². The largest absolute Gasteiger partial charge is 0.490 e. The Hall–Kier alpha value is -3.74. The summed E-state index contributed by atoms with van der Waals surface area (Å²) in [7, 11) is 0. The molecule has 3 atom stereocenters. The third kappa shape index (κ3) is 4.55. The molecule has 3 aliphatic rings. The standard InChI is InChI=1S/C31H34N4O5/c1-5-30(4)37-17-26(39-30)29(36)35-14-13-31(18-35)12-11-22-23(7-6-8-24(22)31)27-33-28(40-34-27)20-9-10-25(38-19(2)3)21(15-20)16-32/h6-10,15,19,26H,5,11-14,17-18H2,1-4H3/t26-,30?,31?/m1/s1. The number of aromatic nitrogens is 2. The molecule has 0 radical (unpaired) electrons. The molecule has 3 heterocycles. The first-order valence-corrected chi connectivity index (χ1v) is 14.0. The van der Waals surface area contributed by atoms with Crippen molar-refractivity contribution in [2.75, 3.05) is 19.7 Å². The third-order valence-electron chi connectivity index (χ3n) is 8.49. The van der Waals surface area contributed by atoms with Gasteiger partial charge in [-0.1, -0.05) is 30.3 Å². The van der Waals surface area contributed by atoms with E-state index in [1.54, 1.807) is 12.1 Å². The predicted octanol–water partition coefficient (Wildman–Crippen LogP) is 5.02. The number of amides is 1. The van der Waals surface area contributed by atoms with Crippen molar-refractivity contribution in [2.24, 2.45) is 0 Å². The van der Waals surface area contributed by atoms with Crippen LogP contribution < -0.4 is 4.74 Å². The van der Waals surface area contributed by atoms with Crippen molar-refractivity contribution in [1.82, 2.24) is 15.0 Å². The van der Waals surface area contributed by atoms with Crippen LogP contribution in [0.1, 0.15) is 63.6 Å². The minimum atomic E-state index is -0.684. The summed E-state index contributed by atoms with van der Waals surface area (Å²) < 4.78 is 23.1. The first-order valence-electron chi connectivity index (χ1n) is 14.0. The lowest BCUT2D eigenvalue weighted by atomic mass is 9.81. The summed E-state index contributed by atoms with van der Waals surface area (Å²) in [5.41, 5.74) is 4.41. The summed E-state index contributed by atoms with van der Waals surface area (Å²) in [5, 5.41) is 13.9. The molecule has 1 aliphatic carbocycles. The second kappa shape index (κ2) is 10.0. The lowest BCUT2D eigenvalue weighted by Crippen LogP contribution is -2.41. The van der Waals surface area contributed by atoms with Gasteiger partial charge in [-0.25, -0.2) is 0 Å². The number of nitriles is 1. The Labute approximate surface area is 234 Å². The van der Waals surface area contributed by atoms with Crippen LogP contribution in [0.15, 0.2) is 40.9 Å². The zero-order valence-electron chi connectivity index (χ0n) is 23.4. The van der Waals surface area contributed by atoms with E-state index in [2.05, 4.69) is 17.3 Å². The van der Waals surface area contributed by atoms with Crippen molar-refractivity contribution in [3.63, 3.8) is 0 Å². The van der Waals surface area contributed by atoms with E-state index in [9.17, 15) is 10.1 Å². The molecule has 2 fully saturated rings. The van der Waals surface area contributed by atoms with Gasteiger partial charge in [0.05, 0.1) is 18.3 Å². The molecule has 1 aromatic heterocycles. The van der Waals surface area contributed by atoms with Gasteiger partial charge in [-0.2, -0.15) is 10.2 Å². The molecule has 3 aromatic rings. The Morgan fingerprint density at radius 2 is 2.12 bits per heavy atom. The van der Waals surface area contributed by atoms with Gasteiger partial charge >= 0.3 is 0 Å². The zero-order valence-corrected chi connectivity index (χ0v) is 23.4. The van der Waals surface area contributed by atoms with Crippen molar-refractivity contribution < 1.29 is 23.5 Å². The van der Waals surface area contributed by atoms with Crippen LogP contribution in [0, 0.1) is 11.3 Å². The highest BCUT2D eigenvalue weighted by molar-refractivity contribution is 5.82. The number of fused-ring (bicyclic) bond motifs is 2. The fourth-order valence-electron chi connectivity index (χ4n) is 6.23. The number of rotatable bonds is 6. The summed E-state index contributed by atoms with van der Waals surface area (Å²) in [6, 6.07) is 13.7. The van der Waals surface area contributed by atoms with Gasteiger partial charge in [0.1, 0.15) is 11.8 Å². The van der Waals surface area contributed by atoms with Gasteiger partial charge in [0.15, 0.2) is 11.9 Å². The van der Waals surface area contributed by atoms with Crippen LogP contribution >= 0.6 is 0 Å². The van der Waals surface area contributed by atoms with Gasteiger partial charge in [0, 0.05) is 29.6 Å². The van der Waals surface area contributed by atoms with Crippen molar-refractivity contribution in [2.45, 2.75) is 76.8 Å². The Balaban J connectivity index is 1.23. The summed E-state index contributed by atoms with van der Waals surface area (Å²) in [6.45, 7) is 9.41. The Bertz CT molecular complexity index is 1490. The minimum Gasteiger partial charge on any atom is -0.490 e. The Kier molecular flexibility index (Phi) is 6.64. The van der Waals surface area contributed by atoms with Gasteiger partial charge in [0.25, 0.3) is 11.8 Å². The van der Waals surface area contributed by atoms with Crippen LogP contribution in [0.4, 0.5) is 0 Å². The van der Waals surface area contributed by atoms with Crippen LogP contribution in [0.25, 0.3) is 22.8 Å². The van der Waals surface area contributed by atoms with E-state index in [1.807, 2.05) is 50.8 Å². The molecule has 0 N–H and O–H groups in total. The normalized spacial score (nSPS) is 25.5. The molecule has 9 nitrogen and oxygen atoms in total. The minimum absolute atomic E-state index is 0.0167. The van der Waals surface area contributed by atoms with E-state index in [4.69, 9.17) is 23.7 Å². The van der Waals surface area contributed by atoms with Crippen molar-refractivity contribution >= 4 is 5.91 Å². The van der Waals surface area contributed by atoms with E-state index < -0.39 is 11.9 Å². The summed E-state index contributed by atoms with van der Waals surface area (Å²) >= 11 is 0. The van der Waals surface area contributed by atoms with Crippen molar-refractivity contribution in [1.29, 1.82) is 5.26 Å². The number of carbonyl (C=O) groups excluding carboxylic acids is 1. The van der Waals surface area contributed by atoms with E-state index in [0.717, 1.165) is 24.8 Å². The number of benzene rings is 2. The summed E-state index contributed by atoms with van der Waals surface area (Å²) in [5.74, 6) is 0.733. The lowest BCUT2D eigenvalue weighted by molar-refractivity contribution is -0.168. The highest BCUT2D eigenvalue weighted by Gasteiger charge is 2.49. The quantitative estimate of drug-likeness (QED) is 0.427. The molecule has 6 rings (SSSR count). The first-order chi connectivity index (χ1) is 19.2. The second-order valence-electron chi connectivity index (χ2n) is 11.4. The molecule has 2 unspecified atom stereocenters. The van der Waals surface area contributed by atoms with Crippen molar-refractivity contribution in [3.05, 3.63) is 53.1 Å². The Morgan fingerprint density at radius 1 is 1.27 bits per heavy atom. The number of nitrogens with zero attached hydrogens (tertiary/aromatic N) is 4. The van der Waals surface area contributed by atoms with Gasteiger partial charge in [0.2, 0.25) is 5.82 Å². The van der Waals surface area contributed by atoms with E-state index >= 15 is 0 Å². The highest BCUT2D eigenvalue weighted by atomic mass is 16.7. The van der Waals surface area contributed by atoms with E-state index in [1.165, 1.54) is 11.1 Å². The van der Waals surface area contributed by atoms with Gasteiger partial charge in [-0.15, -0.1) is 0 Å². The molecule has 2 aliphatic heterocycles. The van der Waals surface area contributed by atoms with Crippen LogP contribution in [-0.2, 0) is 26.1 Å². The lowest BCUT2D eigenvalue weighted by Gasteiger charge is -2.27. The number of ether oxygens (including phenoxy) is 3. The maximum Gasteiger partial charge on any atom is 0.258 e. The molecule has 9 heteroatoms. The summed E-state index contributed by atoms with van der Waals surface area (Å²) in [4.78, 5) is 20.0. The maximum absolute atomic E-state index is 13.3. The molecule has 1 spiro atoms. The topological polar surface area (TPSA) is 111 Å². The number of hydrogen-bond acceptors (Lipinski definition) is 8. The molecule has 0 saturated carbocycles. The number of likely N-dealkylation sites (tertiary alicyclic amines) is 1. The SMILES string of the molecule is CCC1(C)OC[C@H](C(=O)N2CCC3(CCc4c(-c5noc(-c6ccc(OC(C)C)c(C#N)c6)n5)cccc43)C2)O1. The summed E-state index contributed by atoms with van der Waals surface area (Å²) in [6.07, 6.45) is 2.87. The third-order valence-corrected chi connectivity index (χ3v) is 8.49. The molecular weight excluding hydrogens is 508 g/mol. The predicted molar refractivity (Wildman–Crippen MR) is 146 cm³/mol. The van der Waals surface area contributed by atoms with Crippen LogP contribution in [0.3, 0.4) is 0 Å². The Morgan fingerprint density at radius 3 is 2.88 bits per heavy atom. The molecule has 0 bridgehead atoms. The maximum atomic E-state index is 13.3. The smallest absolute Gasteiger partial charge is 0.258 e. The van der Waals surface area contributed by atoms with E-state index in [-0.39, 0.29) is 17.4 Å². The number of hydrogen-bond donors (Lipinski definition) is 0. The van der Waals surface area contributed by atoms with Crippen LogP contribution in [0.2, 0.25) is 0 Å². The monoisotopic (exact) mass is 542 g/mol. The van der Waals surface area contributed by atoms with Crippen LogP contribution in [0.5, 0.6) is 5.75 Å². The first kappa shape index (κ1) is 26.5. The molecule has 40 heavy (non-hydrogen) atoms. The van der Waals surface area contributed by atoms with Crippen molar-refractivity contribution in [3.8, 4) is 34.7 Å². The molecule has 208 valence electrons. The highest BCUT2D eigenvalue weighted by Crippen LogP contribution is 2.48. The fourth-order valence-corrected chi connectivity index (χ4v) is 6.23. The van der Waals surface area contributed by atoms with E-state index in [0.29, 0.717) is 54.7 Å². The molecule has 2 saturated heterocycles. The van der Waals surface area contributed by atoms with Gasteiger partial charge < -0.3 is 23.6 Å². The molecular formula is C31H34N4O5. The van der Waals surface area contributed by atoms with Crippen LogP contribution in [-0.4, -0.2) is 58.6 Å². The fraction of sp³-hybridized carbons (Fsp3) is 0.484. The van der Waals surface area contributed by atoms with Gasteiger partial charge in [-0.05, 0) is 75.8 Å². The average molecular weight is 543 g/mol. The second-order valence-corrected chi connectivity index (χ2v) is 11.4. The molecule has 1 amide bonds. The average Bonchev–Trinajstić information content (AvgIpc) is 3.76. The molecule has 2 aromatic carbocycles. The zero-order chi connectivity index (χ0) is 28.1. The number of carbonyl (C=O) groups is 1.